The van der Waals surface area contributed by atoms with Crippen LogP contribution in [-0.4, -0.2) is 26.7 Å². The number of aryl methyl sites for hydroxylation is 1. The maximum absolute atomic E-state index is 11.9. The average Bonchev–Trinajstić information content (AvgIpc) is 2.20. The topological polar surface area (TPSA) is 86.5 Å². The molecule has 2 N–H and O–H groups in total. The minimum Gasteiger partial charge on any atom is -0.465 e. The smallest absolute Gasteiger partial charge is 0.302 e. The molecule has 0 unspecified atom stereocenters. The Morgan fingerprint density at radius 2 is 2.06 bits per heavy atom. The van der Waals surface area contributed by atoms with Crippen LogP contribution in [0.1, 0.15) is 12.5 Å². The van der Waals surface area contributed by atoms with E-state index in [4.69, 9.17) is 5.73 Å². The molecule has 0 spiro atoms. The fourth-order valence-electron chi connectivity index (χ4n) is 1.36. The van der Waals surface area contributed by atoms with Crippen molar-refractivity contribution in [3.63, 3.8) is 0 Å². The zero-order valence-electron chi connectivity index (χ0n) is 9.76. The molecule has 0 heterocycles. The Balaban J connectivity index is 2.89. The lowest BCUT2D eigenvalue weighted by Crippen LogP contribution is -2.15. The van der Waals surface area contributed by atoms with Crippen LogP contribution in [0.4, 0.5) is 5.69 Å². The molecule has 17 heavy (non-hydrogen) atoms. The summed E-state index contributed by atoms with van der Waals surface area (Å²) in [5.41, 5.74) is 6.57. The molecule has 0 fully saturated rings. The van der Waals surface area contributed by atoms with Crippen molar-refractivity contribution in [2.75, 3.05) is 18.1 Å². The highest BCUT2D eigenvalue weighted by Gasteiger charge is 2.17. The Labute approximate surface area is 100 Å². The van der Waals surface area contributed by atoms with E-state index in [1.807, 2.05) is 0 Å². The molecule has 0 saturated carbocycles. The van der Waals surface area contributed by atoms with Gasteiger partial charge in [0.25, 0.3) is 0 Å². The number of esters is 1. The third-order valence-corrected chi connectivity index (χ3v) is 4.02. The van der Waals surface area contributed by atoms with Crippen molar-refractivity contribution < 1.29 is 17.9 Å². The zero-order valence-corrected chi connectivity index (χ0v) is 10.6. The summed E-state index contributed by atoms with van der Waals surface area (Å²) in [6, 6.07) is 4.70. The number of carbonyl (C=O) groups excluding carboxylic acids is 1. The average molecular weight is 257 g/mol. The summed E-state index contributed by atoms with van der Waals surface area (Å²) in [5, 5.41) is 0. The molecule has 1 aromatic rings. The number of ether oxygens (including phenoxy) is 1. The molecule has 5 nitrogen and oxygen atoms in total. The van der Waals surface area contributed by atoms with Crippen molar-refractivity contribution in [1.82, 2.24) is 0 Å². The minimum atomic E-state index is -3.47. The normalized spacial score (nSPS) is 11.2. The van der Waals surface area contributed by atoms with Gasteiger partial charge in [0.1, 0.15) is 6.61 Å². The quantitative estimate of drug-likeness (QED) is 0.640. The van der Waals surface area contributed by atoms with Gasteiger partial charge in [-0.05, 0) is 24.6 Å². The number of nitrogens with two attached hydrogens (primary N) is 1. The largest absolute Gasteiger partial charge is 0.465 e. The maximum atomic E-state index is 11.9. The number of carbonyl (C=O) groups is 1. The molecule has 6 heteroatoms. The van der Waals surface area contributed by atoms with Gasteiger partial charge >= 0.3 is 5.97 Å². The fourth-order valence-corrected chi connectivity index (χ4v) is 2.75. The first-order valence-corrected chi connectivity index (χ1v) is 6.70. The lowest BCUT2D eigenvalue weighted by Gasteiger charge is -2.08. The second-order valence-electron chi connectivity index (χ2n) is 3.68. The number of sulfone groups is 1. The van der Waals surface area contributed by atoms with Crippen LogP contribution in [0.5, 0.6) is 0 Å². The van der Waals surface area contributed by atoms with Gasteiger partial charge in [0, 0.05) is 12.6 Å². The van der Waals surface area contributed by atoms with Crippen LogP contribution in [0.2, 0.25) is 0 Å². The first-order chi connectivity index (χ1) is 7.83. The third-order valence-electron chi connectivity index (χ3n) is 2.20. The number of hydrogen-bond acceptors (Lipinski definition) is 5. The predicted octanol–water partition coefficient (Wildman–Crippen LogP) is 0.914. The molecule has 0 aromatic heterocycles. The molecule has 0 atom stereocenters. The van der Waals surface area contributed by atoms with Crippen molar-refractivity contribution >= 4 is 21.5 Å². The Kier molecular flexibility index (Phi) is 4.11. The van der Waals surface area contributed by atoms with Gasteiger partial charge in [0.05, 0.1) is 10.6 Å². The first kappa shape index (κ1) is 13.5. The van der Waals surface area contributed by atoms with E-state index in [0.717, 1.165) is 0 Å². The highest BCUT2D eigenvalue weighted by molar-refractivity contribution is 7.91. The third kappa shape index (κ3) is 3.74. The van der Waals surface area contributed by atoms with Crippen LogP contribution < -0.4 is 5.73 Å². The van der Waals surface area contributed by atoms with E-state index in [1.54, 1.807) is 19.1 Å². The summed E-state index contributed by atoms with van der Waals surface area (Å²) in [7, 11) is -3.47. The molecular weight excluding hydrogens is 242 g/mol. The van der Waals surface area contributed by atoms with E-state index >= 15 is 0 Å². The van der Waals surface area contributed by atoms with E-state index < -0.39 is 15.8 Å². The van der Waals surface area contributed by atoms with E-state index in [2.05, 4.69) is 4.74 Å². The van der Waals surface area contributed by atoms with Gasteiger partial charge in [0.15, 0.2) is 9.84 Å². The number of hydrogen-bond donors (Lipinski definition) is 1. The summed E-state index contributed by atoms with van der Waals surface area (Å²) in [4.78, 5) is 10.7. The molecule has 0 bridgehead atoms. The zero-order chi connectivity index (χ0) is 13.1. The Bertz CT molecular complexity index is 522. The molecular formula is C11H15NO4S. The molecule has 94 valence electrons. The predicted molar refractivity (Wildman–Crippen MR) is 64.3 cm³/mol. The van der Waals surface area contributed by atoms with Crippen molar-refractivity contribution in [3.05, 3.63) is 23.8 Å². The van der Waals surface area contributed by atoms with Crippen LogP contribution in [0.3, 0.4) is 0 Å². The molecule has 0 aliphatic rings. The van der Waals surface area contributed by atoms with Crippen molar-refractivity contribution in [2.24, 2.45) is 0 Å². The van der Waals surface area contributed by atoms with Crippen LogP contribution in [0, 0.1) is 6.92 Å². The number of benzene rings is 1. The molecule has 0 radical (unpaired) electrons. The second kappa shape index (κ2) is 5.18. The standard InChI is InChI=1S/C11H15NO4S/c1-8-3-4-10(12)7-11(8)17(14,15)6-5-16-9(2)13/h3-4,7H,5-6,12H2,1-2H3. The van der Waals surface area contributed by atoms with Crippen molar-refractivity contribution in [1.29, 1.82) is 0 Å². The number of nitrogen functional groups attached to an aromatic ring is 1. The summed E-state index contributed by atoms with van der Waals surface area (Å²) in [5.74, 6) is -0.735. The van der Waals surface area contributed by atoms with Gasteiger partial charge in [-0.2, -0.15) is 0 Å². The highest BCUT2D eigenvalue weighted by Crippen LogP contribution is 2.19. The molecule has 0 aliphatic heterocycles. The second-order valence-corrected chi connectivity index (χ2v) is 5.76. The van der Waals surface area contributed by atoms with Crippen molar-refractivity contribution in [2.45, 2.75) is 18.7 Å². The van der Waals surface area contributed by atoms with Gasteiger partial charge in [-0.25, -0.2) is 8.42 Å². The lowest BCUT2D eigenvalue weighted by molar-refractivity contribution is -0.140. The SMILES string of the molecule is CC(=O)OCCS(=O)(=O)c1cc(N)ccc1C. The molecule has 1 rings (SSSR count). The molecule has 0 saturated heterocycles. The van der Waals surface area contributed by atoms with E-state index in [1.165, 1.54) is 13.0 Å². The maximum Gasteiger partial charge on any atom is 0.302 e. The summed E-state index contributed by atoms with van der Waals surface area (Å²) in [6.07, 6.45) is 0. The summed E-state index contributed by atoms with van der Waals surface area (Å²) < 4.78 is 28.5. The minimum absolute atomic E-state index is 0.147. The van der Waals surface area contributed by atoms with Crippen LogP contribution >= 0.6 is 0 Å². The van der Waals surface area contributed by atoms with Gasteiger partial charge in [0.2, 0.25) is 0 Å². The molecule has 0 aliphatic carbocycles. The van der Waals surface area contributed by atoms with E-state index in [0.29, 0.717) is 11.3 Å². The molecule has 0 amide bonds. The van der Waals surface area contributed by atoms with Crippen LogP contribution in [0.15, 0.2) is 23.1 Å². The van der Waals surface area contributed by atoms with Gasteiger partial charge in [-0.15, -0.1) is 0 Å². The Hall–Kier alpha value is -1.56. The fraction of sp³-hybridized carbons (Fsp3) is 0.364. The summed E-state index contributed by atoms with van der Waals surface area (Å²) in [6.45, 7) is 2.78. The Morgan fingerprint density at radius 3 is 2.65 bits per heavy atom. The first-order valence-electron chi connectivity index (χ1n) is 5.05. The van der Waals surface area contributed by atoms with Crippen LogP contribution in [0.25, 0.3) is 0 Å². The Morgan fingerprint density at radius 1 is 1.41 bits per heavy atom. The summed E-state index contributed by atoms with van der Waals surface area (Å²) >= 11 is 0. The van der Waals surface area contributed by atoms with Gasteiger partial charge < -0.3 is 10.5 Å². The van der Waals surface area contributed by atoms with Gasteiger partial charge in [-0.1, -0.05) is 6.07 Å². The molecule has 1 aromatic carbocycles. The monoisotopic (exact) mass is 257 g/mol. The number of anilines is 1. The highest BCUT2D eigenvalue weighted by atomic mass is 32.2. The lowest BCUT2D eigenvalue weighted by atomic mass is 10.2. The van der Waals surface area contributed by atoms with Crippen molar-refractivity contribution in [3.8, 4) is 0 Å². The van der Waals surface area contributed by atoms with Gasteiger partial charge in [-0.3, -0.25) is 4.79 Å². The van der Waals surface area contributed by atoms with E-state index in [9.17, 15) is 13.2 Å². The van der Waals surface area contributed by atoms with Crippen LogP contribution in [-0.2, 0) is 19.4 Å². The van der Waals surface area contributed by atoms with E-state index in [-0.39, 0.29) is 17.3 Å². The number of rotatable bonds is 4.